The number of aryl methyl sites for hydroxylation is 1. The fourth-order valence-corrected chi connectivity index (χ4v) is 3.92. The fourth-order valence-electron chi connectivity index (χ4n) is 3.92. The molecule has 0 saturated carbocycles. The molecule has 0 unspecified atom stereocenters. The SMILES string of the molecule is O=C(CCc1c[nH]c2ccccc12)Nc1ccccc1C(=O)NCc1ccc2c(c1)OCO2. The minimum atomic E-state index is -0.264. The first-order valence-electron chi connectivity index (χ1n) is 10.8. The van der Waals surface area contributed by atoms with Gasteiger partial charge in [0.15, 0.2) is 11.5 Å². The summed E-state index contributed by atoms with van der Waals surface area (Å²) in [5.74, 6) is 0.965. The van der Waals surface area contributed by atoms with Gasteiger partial charge in [-0.25, -0.2) is 0 Å². The first kappa shape index (κ1) is 20.6. The molecule has 0 atom stereocenters. The van der Waals surface area contributed by atoms with Gasteiger partial charge >= 0.3 is 0 Å². The van der Waals surface area contributed by atoms with Crippen LogP contribution in [0.1, 0.15) is 27.9 Å². The maximum Gasteiger partial charge on any atom is 0.253 e. The van der Waals surface area contributed by atoms with Crippen LogP contribution in [-0.2, 0) is 17.8 Å². The van der Waals surface area contributed by atoms with Crippen LogP contribution in [0.15, 0.2) is 72.9 Å². The Labute approximate surface area is 190 Å². The second-order valence-electron chi connectivity index (χ2n) is 7.82. The summed E-state index contributed by atoms with van der Waals surface area (Å²) in [5, 5.41) is 6.91. The van der Waals surface area contributed by atoms with Crippen LogP contribution in [0.3, 0.4) is 0 Å². The Balaban J connectivity index is 1.20. The van der Waals surface area contributed by atoms with E-state index in [-0.39, 0.29) is 18.6 Å². The van der Waals surface area contributed by atoms with E-state index in [4.69, 9.17) is 9.47 Å². The Morgan fingerprint density at radius 3 is 2.70 bits per heavy atom. The molecule has 166 valence electrons. The number of anilines is 1. The van der Waals surface area contributed by atoms with Gasteiger partial charge < -0.3 is 25.1 Å². The molecule has 7 nitrogen and oxygen atoms in total. The smallest absolute Gasteiger partial charge is 0.253 e. The van der Waals surface area contributed by atoms with E-state index in [1.165, 1.54) is 0 Å². The second kappa shape index (κ2) is 9.08. The van der Waals surface area contributed by atoms with Gasteiger partial charge in [0.2, 0.25) is 12.7 Å². The van der Waals surface area contributed by atoms with Crippen molar-refractivity contribution < 1.29 is 19.1 Å². The molecule has 7 heteroatoms. The van der Waals surface area contributed by atoms with Gasteiger partial charge in [0.25, 0.3) is 5.91 Å². The largest absolute Gasteiger partial charge is 0.454 e. The van der Waals surface area contributed by atoms with E-state index in [0.29, 0.717) is 42.1 Å². The maximum absolute atomic E-state index is 12.8. The van der Waals surface area contributed by atoms with Crippen LogP contribution in [0.4, 0.5) is 5.69 Å². The molecule has 1 aromatic heterocycles. The summed E-state index contributed by atoms with van der Waals surface area (Å²) in [5.41, 5.74) is 3.95. The van der Waals surface area contributed by atoms with Gasteiger partial charge in [-0.2, -0.15) is 0 Å². The Morgan fingerprint density at radius 1 is 0.939 bits per heavy atom. The van der Waals surface area contributed by atoms with Crippen molar-refractivity contribution in [3.63, 3.8) is 0 Å². The van der Waals surface area contributed by atoms with Crippen LogP contribution in [-0.4, -0.2) is 23.6 Å². The zero-order chi connectivity index (χ0) is 22.6. The summed E-state index contributed by atoms with van der Waals surface area (Å²) in [7, 11) is 0. The van der Waals surface area contributed by atoms with E-state index in [1.807, 2.05) is 48.7 Å². The van der Waals surface area contributed by atoms with E-state index in [1.54, 1.807) is 24.3 Å². The number of para-hydroxylation sites is 2. The van der Waals surface area contributed by atoms with Crippen molar-refractivity contribution in [2.75, 3.05) is 12.1 Å². The molecule has 33 heavy (non-hydrogen) atoms. The van der Waals surface area contributed by atoms with Gasteiger partial charge in [0.05, 0.1) is 11.3 Å². The zero-order valence-electron chi connectivity index (χ0n) is 17.9. The molecule has 0 saturated heterocycles. The number of aromatic nitrogens is 1. The van der Waals surface area contributed by atoms with Crippen LogP contribution in [0.2, 0.25) is 0 Å². The van der Waals surface area contributed by atoms with Crippen LogP contribution < -0.4 is 20.1 Å². The van der Waals surface area contributed by atoms with Crippen LogP contribution in [0.5, 0.6) is 11.5 Å². The molecule has 5 rings (SSSR count). The molecule has 1 aliphatic rings. The average Bonchev–Trinajstić information content (AvgIpc) is 3.48. The lowest BCUT2D eigenvalue weighted by Gasteiger charge is -2.12. The minimum Gasteiger partial charge on any atom is -0.454 e. The molecule has 0 spiro atoms. The highest BCUT2D eigenvalue weighted by atomic mass is 16.7. The number of hydrogen-bond donors (Lipinski definition) is 3. The van der Waals surface area contributed by atoms with Gasteiger partial charge in [0, 0.05) is 30.1 Å². The van der Waals surface area contributed by atoms with E-state index in [2.05, 4.69) is 15.6 Å². The number of aromatic amines is 1. The quantitative estimate of drug-likeness (QED) is 0.396. The van der Waals surface area contributed by atoms with E-state index in [0.717, 1.165) is 22.0 Å². The van der Waals surface area contributed by atoms with Crippen LogP contribution >= 0.6 is 0 Å². The van der Waals surface area contributed by atoms with Crippen molar-refractivity contribution in [1.82, 2.24) is 10.3 Å². The summed E-state index contributed by atoms with van der Waals surface area (Å²) in [6.07, 6.45) is 2.86. The molecule has 2 amide bonds. The van der Waals surface area contributed by atoms with Crippen molar-refractivity contribution in [2.24, 2.45) is 0 Å². The molecule has 0 bridgehead atoms. The number of amides is 2. The number of nitrogens with one attached hydrogen (secondary N) is 3. The van der Waals surface area contributed by atoms with Gasteiger partial charge in [-0.05, 0) is 47.9 Å². The third-order valence-electron chi connectivity index (χ3n) is 5.63. The van der Waals surface area contributed by atoms with Crippen molar-refractivity contribution in [3.05, 3.63) is 89.6 Å². The summed E-state index contributed by atoms with van der Waals surface area (Å²) < 4.78 is 10.7. The van der Waals surface area contributed by atoms with Crippen molar-refractivity contribution in [1.29, 1.82) is 0 Å². The normalized spacial score (nSPS) is 12.0. The van der Waals surface area contributed by atoms with Gasteiger partial charge in [0.1, 0.15) is 0 Å². The minimum absolute atomic E-state index is 0.142. The summed E-state index contributed by atoms with van der Waals surface area (Å²) in [6, 6.07) is 20.6. The van der Waals surface area contributed by atoms with E-state index < -0.39 is 0 Å². The maximum atomic E-state index is 12.8. The molecule has 0 fully saturated rings. The first-order chi connectivity index (χ1) is 16.2. The molecule has 1 aliphatic heterocycles. The summed E-state index contributed by atoms with van der Waals surface area (Å²) >= 11 is 0. The number of rotatable bonds is 7. The molecule has 4 aromatic rings. The predicted octanol–water partition coefficient (Wildman–Crippen LogP) is 4.40. The number of fused-ring (bicyclic) bond motifs is 2. The highest BCUT2D eigenvalue weighted by Crippen LogP contribution is 2.32. The molecule has 3 N–H and O–H groups in total. The monoisotopic (exact) mass is 441 g/mol. The molecule has 0 aliphatic carbocycles. The number of hydrogen-bond acceptors (Lipinski definition) is 4. The molecular formula is C26H23N3O4. The molecular weight excluding hydrogens is 418 g/mol. The summed E-state index contributed by atoms with van der Waals surface area (Å²) in [4.78, 5) is 28.7. The van der Waals surface area contributed by atoms with E-state index >= 15 is 0 Å². The van der Waals surface area contributed by atoms with Crippen molar-refractivity contribution in [3.8, 4) is 11.5 Å². The first-order valence-corrected chi connectivity index (χ1v) is 10.8. The van der Waals surface area contributed by atoms with Crippen LogP contribution in [0, 0.1) is 0 Å². The van der Waals surface area contributed by atoms with Gasteiger partial charge in [-0.3, -0.25) is 9.59 Å². The van der Waals surface area contributed by atoms with Crippen molar-refractivity contribution in [2.45, 2.75) is 19.4 Å². The molecule has 0 radical (unpaired) electrons. The Bertz CT molecular complexity index is 1330. The van der Waals surface area contributed by atoms with Gasteiger partial charge in [-0.1, -0.05) is 36.4 Å². The Morgan fingerprint density at radius 2 is 1.76 bits per heavy atom. The lowest BCUT2D eigenvalue weighted by molar-refractivity contribution is -0.116. The number of carbonyl (C=O) groups excluding carboxylic acids is 2. The number of carbonyl (C=O) groups is 2. The Kier molecular flexibility index (Phi) is 5.68. The topological polar surface area (TPSA) is 92.5 Å². The zero-order valence-corrected chi connectivity index (χ0v) is 17.9. The number of ether oxygens (including phenoxy) is 2. The fraction of sp³-hybridized carbons (Fsp3) is 0.154. The van der Waals surface area contributed by atoms with E-state index in [9.17, 15) is 9.59 Å². The predicted molar refractivity (Wildman–Crippen MR) is 125 cm³/mol. The lowest BCUT2D eigenvalue weighted by Crippen LogP contribution is -2.25. The highest BCUT2D eigenvalue weighted by Gasteiger charge is 2.16. The summed E-state index contributed by atoms with van der Waals surface area (Å²) in [6.45, 7) is 0.539. The standard InChI is InChI=1S/C26H23N3O4/c30-25(12-10-18-15-27-21-7-3-1-5-19(18)21)29-22-8-4-2-6-20(22)26(31)28-14-17-9-11-23-24(13-17)33-16-32-23/h1-9,11,13,15,27H,10,12,14,16H2,(H,28,31)(H,29,30). The number of benzene rings is 3. The molecule has 2 heterocycles. The second-order valence-corrected chi connectivity index (χ2v) is 7.82. The highest BCUT2D eigenvalue weighted by molar-refractivity contribution is 6.03. The average molecular weight is 441 g/mol. The number of H-pyrrole nitrogens is 1. The molecule has 3 aromatic carbocycles. The van der Waals surface area contributed by atoms with Crippen LogP contribution in [0.25, 0.3) is 10.9 Å². The third-order valence-corrected chi connectivity index (χ3v) is 5.63. The van der Waals surface area contributed by atoms with Crippen molar-refractivity contribution >= 4 is 28.4 Å². The van der Waals surface area contributed by atoms with Gasteiger partial charge in [-0.15, -0.1) is 0 Å². The third kappa shape index (κ3) is 4.52. The lowest BCUT2D eigenvalue weighted by atomic mass is 10.1. The Hall–Kier alpha value is -4.26.